The summed E-state index contributed by atoms with van der Waals surface area (Å²) >= 11 is 0. The molecule has 0 aliphatic rings. The first-order chi connectivity index (χ1) is 16.5. The van der Waals surface area contributed by atoms with E-state index in [0.717, 1.165) is 28.2 Å². The van der Waals surface area contributed by atoms with Crippen LogP contribution in [-0.2, 0) is 11.3 Å². The third-order valence-corrected chi connectivity index (χ3v) is 5.75. The van der Waals surface area contributed by atoms with Crippen LogP contribution in [0.15, 0.2) is 84.9 Å². The number of nitrogens with one attached hydrogen (secondary N) is 1. The van der Waals surface area contributed by atoms with Gasteiger partial charge in [-0.15, -0.1) is 0 Å². The molecular formula is C29H28N2O3. The summed E-state index contributed by atoms with van der Waals surface area (Å²) in [6, 6.07) is 27.2. The maximum atomic E-state index is 12.9. The van der Waals surface area contributed by atoms with Crippen LogP contribution in [0.1, 0.15) is 44.5 Å². The molecule has 1 amide bonds. The molecule has 34 heavy (non-hydrogen) atoms. The van der Waals surface area contributed by atoms with Gasteiger partial charge in [0.15, 0.2) is 0 Å². The van der Waals surface area contributed by atoms with Gasteiger partial charge in [0, 0.05) is 23.5 Å². The fourth-order valence-corrected chi connectivity index (χ4v) is 3.95. The van der Waals surface area contributed by atoms with Gasteiger partial charge >= 0.3 is 5.97 Å². The minimum Gasteiger partial charge on any atom is -0.462 e. The third-order valence-electron chi connectivity index (χ3n) is 5.75. The minimum atomic E-state index is -0.358. The number of ether oxygens (including phenoxy) is 1. The molecule has 4 aromatic rings. The second kappa shape index (κ2) is 10.2. The fraction of sp³-hybridized carbons (Fsp3) is 0.172. The summed E-state index contributed by atoms with van der Waals surface area (Å²) in [6.07, 6.45) is 0. The fourth-order valence-electron chi connectivity index (χ4n) is 3.95. The highest BCUT2D eigenvalue weighted by Gasteiger charge is 2.21. The number of benzene rings is 3. The van der Waals surface area contributed by atoms with Gasteiger partial charge in [0.25, 0.3) is 5.91 Å². The van der Waals surface area contributed by atoms with Crippen molar-refractivity contribution in [3.8, 4) is 16.9 Å². The molecule has 172 valence electrons. The molecule has 0 fully saturated rings. The van der Waals surface area contributed by atoms with E-state index >= 15 is 0 Å². The Hall–Kier alpha value is -4.12. The number of hydrogen-bond acceptors (Lipinski definition) is 3. The average molecular weight is 453 g/mol. The van der Waals surface area contributed by atoms with Crippen LogP contribution < -0.4 is 5.32 Å². The second-order valence-electron chi connectivity index (χ2n) is 8.17. The molecule has 1 N–H and O–H groups in total. The first-order valence-corrected chi connectivity index (χ1v) is 11.4. The topological polar surface area (TPSA) is 60.3 Å². The van der Waals surface area contributed by atoms with Crippen LogP contribution in [0.5, 0.6) is 0 Å². The molecule has 0 saturated carbocycles. The predicted molar refractivity (Wildman–Crippen MR) is 134 cm³/mol. The van der Waals surface area contributed by atoms with Crippen LogP contribution in [0.4, 0.5) is 0 Å². The number of aryl methyl sites for hydroxylation is 1. The molecule has 0 aliphatic heterocycles. The van der Waals surface area contributed by atoms with Gasteiger partial charge in [0.2, 0.25) is 0 Å². The van der Waals surface area contributed by atoms with Crippen molar-refractivity contribution in [3.63, 3.8) is 0 Å². The molecule has 1 aromatic heterocycles. The van der Waals surface area contributed by atoms with E-state index in [2.05, 4.69) is 5.32 Å². The number of carbonyl (C=O) groups excluding carboxylic acids is 2. The Morgan fingerprint density at radius 1 is 0.882 bits per heavy atom. The number of rotatable bonds is 7. The smallest absolute Gasteiger partial charge is 0.339 e. The van der Waals surface area contributed by atoms with Gasteiger partial charge in [-0.1, -0.05) is 66.2 Å². The van der Waals surface area contributed by atoms with Crippen molar-refractivity contribution < 1.29 is 14.3 Å². The highest BCUT2D eigenvalue weighted by atomic mass is 16.5. The zero-order valence-corrected chi connectivity index (χ0v) is 19.7. The predicted octanol–water partition coefficient (Wildman–Crippen LogP) is 5.87. The van der Waals surface area contributed by atoms with Crippen molar-refractivity contribution in [2.75, 3.05) is 6.61 Å². The molecule has 5 nitrogen and oxygen atoms in total. The van der Waals surface area contributed by atoms with Crippen molar-refractivity contribution in [2.45, 2.75) is 27.3 Å². The monoisotopic (exact) mass is 452 g/mol. The van der Waals surface area contributed by atoms with Gasteiger partial charge in [0.1, 0.15) is 0 Å². The van der Waals surface area contributed by atoms with Crippen LogP contribution in [0, 0.1) is 13.8 Å². The van der Waals surface area contributed by atoms with E-state index in [1.807, 2.05) is 97.3 Å². The van der Waals surface area contributed by atoms with Crippen molar-refractivity contribution in [2.24, 2.45) is 0 Å². The maximum absolute atomic E-state index is 12.9. The van der Waals surface area contributed by atoms with Crippen LogP contribution in [-0.4, -0.2) is 23.1 Å². The Balaban J connectivity index is 1.68. The van der Waals surface area contributed by atoms with Gasteiger partial charge in [-0.05, 0) is 56.2 Å². The summed E-state index contributed by atoms with van der Waals surface area (Å²) in [5.41, 5.74) is 6.67. The number of nitrogens with zero attached hydrogens (tertiary/aromatic N) is 1. The standard InChI is InChI=1S/C29H28N2O3/c1-4-34-29(33)26-18-27(23-9-6-5-7-10-23)31(21(26)3)25-12-8-11-24(17-25)28(32)30-19-22-15-13-20(2)14-16-22/h5-18H,4,19H2,1-3H3,(H,30,32). The minimum absolute atomic E-state index is 0.154. The Kier molecular flexibility index (Phi) is 6.93. The van der Waals surface area contributed by atoms with E-state index in [1.54, 1.807) is 13.0 Å². The quantitative estimate of drug-likeness (QED) is 0.357. The molecule has 0 spiro atoms. The lowest BCUT2D eigenvalue weighted by atomic mass is 10.1. The van der Waals surface area contributed by atoms with Crippen molar-refractivity contribution in [1.29, 1.82) is 0 Å². The highest BCUT2D eigenvalue weighted by molar-refractivity contribution is 5.95. The van der Waals surface area contributed by atoms with Gasteiger partial charge in [0.05, 0.1) is 17.9 Å². The lowest BCUT2D eigenvalue weighted by Crippen LogP contribution is -2.23. The Morgan fingerprint density at radius 2 is 1.62 bits per heavy atom. The SMILES string of the molecule is CCOC(=O)c1cc(-c2ccccc2)n(-c2cccc(C(=O)NCc3ccc(C)cc3)c2)c1C. The molecular weight excluding hydrogens is 424 g/mol. The van der Waals surface area contributed by atoms with E-state index in [-0.39, 0.29) is 11.9 Å². The molecule has 0 atom stereocenters. The first-order valence-electron chi connectivity index (χ1n) is 11.4. The summed E-state index contributed by atoms with van der Waals surface area (Å²) in [5, 5.41) is 2.99. The summed E-state index contributed by atoms with van der Waals surface area (Å²) < 4.78 is 7.27. The van der Waals surface area contributed by atoms with Crippen molar-refractivity contribution in [3.05, 3.63) is 113 Å². The molecule has 0 bridgehead atoms. The summed E-state index contributed by atoms with van der Waals surface area (Å²) in [4.78, 5) is 25.5. The van der Waals surface area contributed by atoms with Crippen LogP contribution in [0.2, 0.25) is 0 Å². The summed E-state index contributed by atoms with van der Waals surface area (Å²) in [7, 11) is 0. The van der Waals surface area contributed by atoms with Crippen molar-refractivity contribution >= 4 is 11.9 Å². The van der Waals surface area contributed by atoms with E-state index < -0.39 is 0 Å². The molecule has 0 unspecified atom stereocenters. The number of carbonyl (C=O) groups is 2. The normalized spacial score (nSPS) is 10.7. The largest absolute Gasteiger partial charge is 0.462 e. The number of hydrogen-bond donors (Lipinski definition) is 1. The zero-order valence-electron chi connectivity index (χ0n) is 19.7. The zero-order chi connectivity index (χ0) is 24.1. The molecule has 5 heteroatoms. The molecule has 0 aliphatic carbocycles. The first kappa shape index (κ1) is 23.1. The lowest BCUT2D eigenvalue weighted by Gasteiger charge is -2.14. The average Bonchev–Trinajstić information content (AvgIpc) is 3.21. The number of aromatic nitrogens is 1. The molecule has 0 radical (unpaired) electrons. The van der Waals surface area contributed by atoms with Crippen LogP contribution >= 0.6 is 0 Å². The Labute approximate surface area is 200 Å². The second-order valence-corrected chi connectivity index (χ2v) is 8.17. The summed E-state index contributed by atoms with van der Waals surface area (Å²) in [6.45, 7) is 6.48. The lowest BCUT2D eigenvalue weighted by molar-refractivity contribution is 0.0525. The maximum Gasteiger partial charge on any atom is 0.339 e. The Morgan fingerprint density at radius 3 is 2.32 bits per heavy atom. The van der Waals surface area contributed by atoms with Crippen molar-refractivity contribution in [1.82, 2.24) is 9.88 Å². The van der Waals surface area contributed by atoms with Gasteiger partial charge in [-0.3, -0.25) is 4.79 Å². The molecule has 1 heterocycles. The van der Waals surface area contributed by atoms with Crippen LogP contribution in [0.3, 0.4) is 0 Å². The molecule has 4 rings (SSSR count). The summed E-state index contributed by atoms with van der Waals surface area (Å²) in [5.74, 6) is -0.512. The van der Waals surface area contributed by atoms with Gasteiger partial charge in [-0.2, -0.15) is 0 Å². The van der Waals surface area contributed by atoms with E-state index in [1.165, 1.54) is 5.56 Å². The Bertz CT molecular complexity index is 1310. The van der Waals surface area contributed by atoms with Crippen LogP contribution in [0.25, 0.3) is 16.9 Å². The number of amides is 1. The van der Waals surface area contributed by atoms with E-state index in [4.69, 9.17) is 4.74 Å². The van der Waals surface area contributed by atoms with Gasteiger partial charge < -0.3 is 14.6 Å². The highest BCUT2D eigenvalue weighted by Crippen LogP contribution is 2.30. The third kappa shape index (κ3) is 4.94. The molecule has 3 aromatic carbocycles. The van der Waals surface area contributed by atoms with Gasteiger partial charge in [-0.25, -0.2) is 4.79 Å². The molecule has 0 saturated heterocycles. The van der Waals surface area contributed by atoms with E-state index in [9.17, 15) is 9.59 Å². The van der Waals surface area contributed by atoms with E-state index in [0.29, 0.717) is 24.3 Å². The number of esters is 1.